The van der Waals surface area contributed by atoms with E-state index in [-0.39, 0.29) is 11.9 Å². The maximum Gasteiger partial charge on any atom is 0.240 e. The van der Waals surface area contributed by atoms with Gasteiger partial charge in [0.05, 0.1) is 0 Å². The summed E-state index contributed by atoms with van der Waals surface area (Å²) in [5.41, 5.74) is 7.92. The van der Waals surface area contributed by atoms with Crippen molar-refractivity contribution in [3.63, 3.8) is 0 Å². The second-order valence-corrected chi connectivity index (χ2v) is 4.28. The SMILES string of the molecule is CCc1nc(NN)cc(N2CCCC2C(N)=O)n1. The highest BCUT2D eigenvalue weighted by Gasteiger charge is 2.30. The lowest BCUT2D eigenvalue weighted by molar-refractivity contribution is -0.119. The molecule has 5 N–H and O–H groups in total. The van der Waals surface area contributed by atoms with E-state index < -0.39 is 0 Å². The molecule has 1 aliphatic rings. The van der Waals surface area contributed by atoms with Crippen LogP contribution in [0.25, 0.3) is 0 Å². The summed E-state index contributed by atoms with van der Waals surface area (Å²) in [6.45, 7) is 2.74. The molecule has 0 bridgehead atoms. The van der Waals surface area contributed by atoms with Gasteiger partial charge in [-0.05, 0) is 12.8 Å². The van der Waals surface area contributed by atoms with E-state index in [0.717, 1.165) is 19.4 Å². The van der Waals surface area contributed by atoms with Crippen LogP contribution in [0.15, 0.2) is 6.07 Å². The lowest BCUT2D eigenvalue weighted by Gasteiger charge is -2.23. The van der Waals surface area contributed by atoms with Gasteiger partial charge >= 0.3 is 0 Å². The maximum absolute atomic E-state index is 11.4. The van der Waals surface area contributed by atoms with E-state index in [1.54, 1.807) is 6.07 Å². The monoisotopic (exact) mass is 250 g/mol. The van der Waals surface area contributed by atoms with Gasteiger partial charge in [0.2, 0.25) is 5.91 Å². The van der Waals surface area contributed by atoms with Crippen LogP contribution in [0.1, 0.15) is 25.6 Å². The van der Waals surface area contributed by atoms with Crippen molar-refractivity contribution in [1.29, 1.82) is 0 Å². The summed E-state index contributed by atoms with van der Waals surface area (Å²) in [6.07, 6.45) is 2.41. The standard InChI is InChI=1S/C11H18N6O/c1-2-8-14-9(16-13)6-10(15-8)17-5-3-4-7(17)11(12)18/h6-7H,2-5,13H2,1H3,(H2,12,18)(H,14,15,16). The Hall–Kier alpha value is -1.89. The second kappa shape index (κ2) is 5.18. The number of primary amides is 1. The molecule has 1 fully saturated rings. The number of nitrogen functional groups attached to an aromatic ring is 1. The Labute approximate surface area is 106 Å². The van der Waals surface area contributed by atoms with Crippen LogP contribution in [-0.2, 0) is 11.2 Å². The van der Waals surface area contributed by atoms with Crippen LogP contribution in [0.3, 0.4) is 0 Å². The normalized spacial score (nSPS) is 19.0. The third-order valence-corrected chi connectivity index (χ3v) is 3.10. The summed E-state index contributed by atoms with van der Waals surface area (Å²) >= 11 is 0. The van der Waals surface area contributed by atoms with Gasteiger partial charge in [-0.3, -0.25) is 4.79 Å². The van der Waals surface area contributed by atoms with Crippen molar-refractivity contribution in [3.8, 4) is 0 Å². The van der Waals surface area contributed by atoms with Crippen molar-refractivity contribution in [2.24, 2.45) is 11.6 Å². The zero-order chi connectivity index (χ0) is 13.1. The zero-order valence-electron chi connectivity index (χ0n) is 10.4. The molecule has 1 atom stereocenters. The molecule has 1 unspecified atom stereocenters. The molecular formula is C11H18N6O. The van der Waals surface area contributed by atoms with E-state index >= 15 is 0 Å². The smallest absolute Gasteiger partial charge is 0.240 e. The fourth-order valence-corrected chi connectivity index (χ4v) is 2.20. The van der Waals surface area contributed by atoms with Gasteiger partial charge in [-0.1, -0.05) is 6.92 Å². The molecule has 7 nitrogen and oxygen atoms in total. The molecule has 2 rings (SSSR count). The molecule has 1 aromatic rings. The highest BCUT2D eigenvalue weighted by molar-refractivity contribution is 5.84. The minimum Gasteiger partial charge on any atom is -0.368 e. The van der Waals surface area contributed by atoms with Gasteiger partial charge in [0.25, 0.3) is 0 Å². The number of anilines is 2. The topological polar surface area (TPSA) is 110 Å². The molecular weight excluding hydrogens is 232 g/mol. The number of aromatic nitrogens is 2. The molecule has 18 heavy (non-hydrogen) atoms. The lowest BCUT2D eigenvalue weighted by Crippen LogP contribution is -2.41. The first-order chi connectivity index (χ1) is 8.65. The molecule has 0 spiro atoms. The van der Waals surface area contributed by atoms with E-state index in [0.29, 0.717) is 23.9 Å². The van der Waals surface area contributed by atoms with Crippen molar-refractivity contribution < 1.29 is 4.79 Å². The summed E-state index contributed by atoms with van der Waals surface area (Å²) in [7, 11) is 0. The van der Waals surface area contributed by atoms with Gasteiger partial charge in [-0.2, -0.15) is 0 Å². The number of carbonyl (C=O) groups excluding carboxylic acids is 1. The number of amides is 1. The second-order valence-electron chi connectivity index (χ2n) is 4.28. The van der Waals surface area contributed by atoms with E-state index in [4.69, 9.17) is 11.6 Å². The number of nitrogens with zero attached hydrogens (tertiary/aromatic N) is 3. The number of rotatable bonds is 4. The van der Waals surface area contributed by atoms with E-state index in [9.17, 15) is 4.79 Å². The predicted molar refractivity (Wildman–Crippen MR) is 68.8 cm³/mol. The fraction of sp³-hybridized carbons (Fsp3) is 0.545. The van der Waals surface area contributed by atoms with Crippen LogP contribution in [0.5, 0.6) is 0 Å². The predicted octanol–water partition coefficient (Wildman–Crippen LogP) is -0.221. The summed E-state index contributed by atoms with van der Waals surface area (Å²) in [4.78, 5) is 22.0. The van der Waals surface area contributed by atoms with E-state index in [1.165, 1.54) is 0 Å². The van der Waals surface area contributed by atoms with Gasteiger partial charge in [-0.25, -0.2) is 15.8 Å². The van der Waals surface area contributed by atoms with Crippen molar-refractivity contribution in [2.75, 3.05) is 16.9 Å². The van der Waals surface area contributed by atoms with Crippen LogP contribution in [0, 0.1) is 0 Å². The third-order valence-electron chi connectivity index (χ3n) is 3.10. The molecule has 1 aromatic heterocycles. The minimum atomic E-state index is -0.314. The molecule has 0 aromatic carbocycles. The van der Waals surface area contributed by atoms with Crippen molar-refractivity contribution in [2.45, 2.75) is 32.2 Å². The highest BCUT2D eigenvalue weighted by Crippen LogP contribution is 2.25. The van der Waals surface area contributed by atoms with Crippen molar-refractivity contribution in [3.05, 3.63) is 11.9 Å². The Morgan fingerprint density at radius 3 is 3.00 bits per heavy atom. The first-order valence-corrected chi connectivity index (χ1v) is 6.06. The molecule has 0 radical (unpaired) electrons. The number of aryl methyl sites for hydroxylation is 1. The number of carbonyl (C=O) groups is 1. The highest BCUT2D eigenvalue weighted by atomic mass is 16.1. The molecule has 0 saturated carbocycles. The fourth-order valence-electron chi connectivity index (χ4n) is 2.20. The molecule has 1 aliphatic heterocycles. The van der Waals surface area contributed by atoms with Gasteiger partial charge in [-0.15, -0.1) is 0 Å². The number of hydrazine groups is 1. The molecule has 7 heteroatoms. The Bertz CT molecular complexity index is 427. The summed E-state index contributed by atoms with van der Waals surface area (Å²) < 4.78 is 0. The number of nitrogens with two attached hydrogens (primary N) is 2. The van der Waals surface area contributed by atoms with Crippen molar-refractivity contribution >= 4 is 17.5 Å². The molecule has 1 amide bonds. The Morgan fingerprint density at radius 2 is 2.39 bits per heavy atom. The van der Waals surface area contributed by atoms with Gasteiger partial charge < -0.3 is 16.1 Å². The number of nitrogens with one attached hydrogen (secondary N) is 1. The van der Waals surface area contributed by atoms with Gasteiger partial charge in [0.15, 0.2) is 0 Å². The first kappa shape index (κ1) is 12.6. The summed E-state index contributed by atoms with van der Waals surface area (Å²) in [5.74, 6) is 7.01. The van der Waals surface area contributed by atoms with Crippen LogP contribution < -0.4 is 21.9 Å². The molecule has 0 aliphatic carbocycles. The summed E-state index contributed by atoms with van der Waals surface area (Å²) in [6, 6.07) is 1.45. The average molecular weight is 250 g/mol. The summed E-state index contributed by atoms with van der Waals surface area (Å²) in [5, 5.41) is 0. The Morgan fingerprint density at radius 1 is 1.61 bits per heavy atom. The number of hydrogen-bond donors (Lipinski definition) is 3. The Kier molecular flexibility index (Phi) is 3.61. The van der Waals surface area contributed by atoms with Crippen LogP contribution in [0.2, 0.25) is 0 Å². The van der Waals surface area contributed by atoms with Crippen LogP contribution in [-0.4, -0.2) is 28.5 Å². The zero-order valence-corrected chi connectivity index (χ0v) is 10.4. The maximum atomic E-state index is 11.4. The van der Waals surface area contributed by atoms with Crippen LogP contribution in [0.4, 0.5) is 11.6 Å². The molecule has 98 valence electrons. The van der Waals surface area contributed by atoms with Gasteiger partial charge in [0, 0.05) is 19.0 Å². The molecule has 2 heterocycles. The quantitative estimate of drug-likeness (QED) is 0.503. The third kappa shape index (κ3) is 2.35. The average Bonchev–Trinajstić information content (AvgIpc) is 2.87. The van der Waals surface area contributed by atoms with Crippen molar-refractivity contribution in [1.82, 2.24) is 9.97 Å². The van der Waals surface area contributed by atoms with Gasteiger partial charge in [0.1, 0.15) is 23.5 Å². The number of hydrogen-bond acceptors (Lipinski definition) is 6. The Balaban J connectivity index is 2.34. The largest absolute Gasteiger partial charge is 0.368 e. The van der Waals surface area contributed by atoms with E-state index in [1.807, 2.05) is 11.8 Å². The first-order valence-electron chi connectivity index (χ1n) is 6.06. The van der Waals surface area contributed by atoms with E-state index in [2.05, 4.69) is 15.4 Å². The minimum absolute atomic E-state index is 0.282. The molecule has 1 saturated heterocycles. The lowest BCUT2D eigenvalue weighted by atomic mass is 10.2. The van der Waals surface area contributed by atoms with Crippen LogP contribution >= 0.6 is 0 Å².